The van der Waals surface area contributed by atoms with E-state index >= 15 is 0 Å². The van der Waals surface area contributed by atoms with Crippen molar-refractivity contribution in [1.29, 1.82) is 0 Å². The Morgan fingerprint density at radius 2 is 1.82 bits per heavy atom. The number of hydrogen-bond acceptors (Lipinski definition) is 3. The van der Waals surface area contributed by atoms with Crippen LogP contribution in [0.1, 0.15) is 20.7 Å². The first kappa shape index (κ1) is 10.2. The number of amides is 2. The van der Waals surface area contributed by atoms with Crippen molar-refractivity contribution in [2.24, 2.45) is 0 Å². The van der Waals surface area contributed by atoms with Gasteiger partial charge in [0, 0.05) is 0 Å². The van der Waals surface area contributed by atoms with Gasteiger partial charge in [-0.2, -0.15) is 0 Å². The second-order valence-electron chi connectivity index (χ2n) is 4.12. The van der Waals surface area contributed by atoms with Crippen LogP contribution in [-0.4, -0.2) is 35.5 Å². The summed E-state index contributed by atoms with van der Waals surface area (Å²) in [4.78, 5) is 25.5. The van der Waals surface area contributed by atoms with Gasteiger partial charge in [-0.05, 0) is 12.1 Å². The van der Waals surface area contributed by atoms with E-state index in [1.807, 2.05) is 0 Å². The molecule has 3 rings (SSSR count). The molecule has 17 heavy (non-hydrogen) atoms. The lowest BCUT2D eigenvalue weighted by molar-refractivity contribution is 0.0594. The van der Waals surface area contributed by atoms with E-state index in [0.717, 1.165) is 0 Å². The summed E-state index contributed by atoms with van der Waals surface area (Å²) in [6.45, 7) is 4.25. The maximum Gasteiger partial charge on any atom is 0.262 e. The Labute approximate surface area is 98.5 Å². The summed E-state index contributed by atoms with van der Waals surface area (Å²) in [5, 5.41) is 0. The molecule has 0 aromatic heterocycles. The molecule has 2 aliphatic heterocycles. The highest BCUT2D eigenvalue weighted by atomic mass is 16.6. The van der Waals surface area contributed by atoms with Crippen molar-refractivity contribution in [2.45, 2.75) is 12.1 Å². The van der Waals surface area contributed by atoms with Gasteiger partial charge in [-0.25, -0.2) is 0 Å². The van der Waals surface area contributed by atoms with Crippen LogP contribution < -0.4 is 0 Å². The molecule has 1 fully saturated rings. The third-order valence-corrected chi connectivity index (χ3v) is 3.11. The van der Waals surface area contributed by atoms with Crippen LogP contribution in [0, 0.1) is 0 Å². The molecule has 86 valence electrons. The molecule has 1 aromatic rings. The van der Waals surface area contributed by atoms with E-state index in [0.29, 0.717) is 17.7 Å². The molecule has 2 heterocycles. The first-order valence-corrected chi connectivity index (χ1v) is 5.45. The highest BCUT2D eigenvalue weighted by Gasteiger charge is 2.45. The normalized spacial score (nSPS) is 23.5. The minimum Gasteiger partial charge on any atom is -0.371 e. The van der Waals surface area contributed by atoms with Crippen LogP contribution in [0.5, 0.6) is 0 Å². The van der Waals surface area contributed by atoms with Gasteiger partial charge in [-0.1, -0.05) is 18.2 Å². The summed E-state index contributed by atoms with van der Waals surface area (Å²) >= 11 is 0. The molecule has 0 radical (unpaired) electrons. The van der Waals surface area contributed by atoms with E-state index in [9.17, 15) is 9.59 Å². The Balaban J connectivity index is 2.02. The summed E-state index contributed by atoms with van der Waals surface area (Å²) in [6.07, 6.45) is 1.51. The van der Waals surface area contributed by atoms with E-state index in [1.54, 1.807) is 30.3 Å². The number of carbonyl (C=O) groups is 2. The van der Waals surface area contributed by atoms with Crippen LogP contribution in [0.15, 0.2) is 36.9 Å². The minimum absolute atomic E-state index is 0.0882. The van der Waals surface area contributed by atoms with Crippen molar-refractivity contribution in [2.75, 3.05) is 6.61 Å². The van der Waals surface area contributed by atoms with E-state index < -0.39 is 0 Å². The molecule has 1 unspecified atom stereocenters. The topological polar surface area (TPSA) is 49.9 Å². The van der Waals surface area contributed by atoms with Crippen LogP contribution in [0.3, 0.4) is 0 Å². The average molecular weight is 229 g/mol. The molecule has 0 aliphatic carbocycles. The lowest BCUT2D eigenvalue weighted by Gasteiger charge is -2.21. The average Bonchev–Trinajstić information content (AvgIpc) is 3.15. The van der Waals surface area contributed by atoms with Crippen LogP contribution >= 0.6 is 0 Å². The summed E-state index contributed by atoms with van der Waals surface area (Å²) in [5.41, 5.74) is 0.926. The molecular weight excluding hydrogens is 218 g/mol. The Morgan fingerprint density at radius 3 is 2.24 bits per heavy atom. The molecule has 4 nitrogen and oxygen atoms in total. The lowest BCUT2D eigenvalue weighted by Crippen LogP contribution is -2.41. The molecule has 4 heteroatoms. The SMILES string of the molecule is C=CC([C@@H]1CO1)N1C(=O)c2ccccc2C1=O. The van der Waals surface area contributed by atoms with Crippen LogP contribution in [0.2, 0.25) is 0 Å². The number of nitrogens with zero attached hydrogens (tertiary/aromatic N) is 1. The fourth-order valence-electron chi connectivity index (χ4n) is 2.15. The highest BCUT2D eigenvalue weighted by Crippen LogP contribution is 2.29. The molecule has 0 spiro atoms. The second-order valence-corrected chi connectivity index (χ2v) is 4.12. The van der Waals surface area contributed by atoms with E-state index in [2.05, 4.69) is 6.58 Å². The van der Waals surface area contributed by atoms with Gasteiger partial charge in [0.05, 0.1) is 23.8 Å². The summed E-state index contributed by atoms with van der Waals surface area (Å²) in [5.74, 6) is -0.517. The van der Waals surface area contributed by atoms with Gasteiger partial charge >= 0.3 is 0 Å². The Kier molecular flexibility index (Phi) is 2.12. The first-order chi connectivity index (χ1) is 8.24. The molecule has 2 aliphatic rings. The largest absolute Gasteiger partial charge is 0.371 e. The fourth-order valence-corrected chi connectivity index (χ4v) is 2.15. The third kappa shape index (κ3) is 1.41. The van der Waals surface area contributed by atoms with Gasteiger partial charge in [0.25, 0.3) is 11.8 Å². The third-order valence-electron chi connectivity index (χ3n) is 3.11. The number of carbonyl (C=O) groups excluding carboxylic acids is 2. The fraction of sp³-hybridized carbons (Fsp3) is 0.231. The number of benzene rings is 1. The minimum atomic E-state index is -0.359. The van der Waals surface area contributed by atoms with Crippen molar-refractivity contribution in [3.8, 4) is 0 Å². The number of epoxide rings is 1. The Hall–Kier alpha value is -1.94. The van der Waals surface area contributed by atoms with Crippen LogP contribution in [0.4, 0.5) is 0 Å². The molecule has 1 aromatic carbocycles. The van der Waals surface area contributed by atoms with Gasteiger partial charge in [0.1, 0.15) is 6.10 Å². The standard InChI is InChI=1S/C13H11NO3/c1-2-10(11-7-17-11)14-12(15)8-5-3-4-6-9(8)13(14)16/h2-6,10-11H,1,7H2/t10?,11-/m0/s1. The zero-order valence-electron chi connectivity index (χ0n) is 9.13. The predicted octanol–water partition coefficient (Wildman–Crippen LogP) is 1.24. The molecule has 0 N–H and O–H groups in total. The number of fused-ring (bicyclic) bond motifs is 1. The van der Waals surface area contributed by atoms with Crippen molar-refractivity contribution < 1.29 is 14.3 Å². The molecule has 2 amide bonds. The highest BCUT2D eigenvalue weighted by molar-refractivity contribution is 6.21. The molecular formula is C13H11NO3. The first-order valence-electron chi connectivity index (χ1n) is 5.45. The smallest absolute Gasteiger partial charge is 0.262 e. The summed E-state index contributed by atoms with van der Waals surface area (Å²) in [7, 11) is 0. The molecule has 0 bridgehead atoms. The monoisotopic (exact) mass is 229 g/mol. The second kappa shape index (κ2) is 3.53. The van der Waals surface area contributed by atoms with Crippen LogP contribution in [0.25, 0.3) is 0 Å². The summed E-state index contributed by atoms with van der Waals surface area (Å²) in [6, 6.07) is 6.49. The van der Waals surface area contributed by atoms with E-state index in [4.69, 9.17) is 4.74 Å². The zero-order valence-corrected chi connectivity index (χ0v) is 9.13. The van der Waals surface area contributed by atoms with Crippen molar-refractivity contribution in [3.63, 3.8) is 0 Å². The van der Waals surface area contributed by atoms with E-state index in [1.165, 1.54) is 4.90 Å². The zero-order chi connectivity index (χ0) is 12.0. The maximum atomic E-state index is 12.1. The molecule has 0 saturated carbocycles. The number of imide groups is 1. The lowest BCUT2D eigenvalue weighted by atomic mass is 10.1. The van der Waals surface area contributed by atoms with Crippen LogP contribution in [-0.2, 0) is 4.74 Å². The van der Waals surface area contributed by atoms with Crippen molar-refractivity contribution in [1.82, 2.24) is 4.90 Å². The Bertz CT molecular complexity index is 484. The van der Waals surface area contributed by atoms with E-state index in [-0.39, 0.29) is 24.0 Å². The maximum absolute atomic E-state index is 12.1. The van der Waals surface area contributed by atoms with Gasteiger partial charge < -0.3 is 4.74 Å². The van der Waals surface area contributed by atoms with Gasteiger partial charge in [-0.15, -0.1) is 6.58 Å². The van der Waals surface area contributed by atoms with Crippen molar-refractivity contribution in [3.05, 3.63) is 48.0 Å². The van der Waals surface area contributed by atoms with Gasteiger partial charge in [0.2, 0.25) is 0 Å². The number of hydrogen-bond donors (Lipinski definition) is 0. The van der Waals surface area contributed by atoms with Gasteiger partial charge in [0.15, 0.2) is 0 Å². The summed E-state index contributed by atoms with van der Waals surface area (Å²) < 4.78 is 5.15. The van der Waals surface area contributed by atoms with Crippen molar-refractivity contribution >= 4 is 11.8 Å². The van der Waals surface area contributed by atoms with Gasteiger partial charge in [-0.3, -0.25) is 14.5 Å². The Morgan fingerprint density at radius 1 is 1.29 bits per heavy atom. The molecule has 1 saturated heterocycles. The molecule has 2 atom stereocenters. The number of rotatable bonds is 3. The number of ether oxygens (including phenoxy) is 1. The quantitative estimate of drug-likeness (QED) is 0.445. The predicted molar refractivity (Wildman–Crippen MR) is 60.7 cm³/mol.